The molecule has 0 unspecified atom stereocenters. The Morgan fingerprint density at radius 1 is 1.00 bits per heavy atom. The van der Waals surface area contributed by atoms with Crippen molar-refractivity contribution in [3.05, 3.63) is 41.2 Å². The van der Waals surface area contributed by atoms with Gasteiger partial charge in [-0.25, -0.2) is 14.4 Å². The highest BCUT2D eigenvalue weighted by molar-refractivity contribution is 7.18. The van der Waals surface area contributed by atoms with E-state index in [9.17, 15) is 4.39 Å². The summed E-state index contributed by atoms with van der Waals surface area (Å²) in [5, 5.41) is 2.03. The number of ether oxygens (including phenoxy) is 1. The zero-order chi connectivity index (χ0) is 23.4. The minimum atomic E-state index is -0.288. The summed E-state index contributed by atoms with van der Waals surface area (Å²) in [5.41, 5.74) is 1.48. The molecule has 35 heavy (non-hydrogen) atoms. The molecule has 0 amide bonds. The maximum atomic E-state index is 14.5. The molecule has 3 fully saturated rings. The van der Waals surface area contributed by atoms with Crippen molar-refractivity contribution in [3.8, 4) is 11.4 Å². The first-order valence-electron chi connectivity index (χ1n) is 12.6. The number of H-pyrrole nitrogens is 1. The Labute approximate surface area is 207 Å². The fraction of sp³-hybridized carbons (Fsp3) is 0.462. The number of aromatic nitrogens is 3. The van der Waals surface area contributed by atoms with E-state index >= 15 is 0 Å². The highest BCUT2D eigenvalue weighted by Crippen LogP contribution is 2.36. The zero-order valence-electron chi connectivity index (χ0n) is 19.7. The highest BCUT2D eigenvalue weighted by atomic mass is 32.1. The van der Waals surface area contributed by atoms with Crippen LogP contribution in [-0.2, 0) is 11.3 Å². The van der Waals surface area contributed by atoms with Gasteiger partial charge in [-0.1, -0.05) is 0 Å². The van der Waals surface area contributed by atoms with Gasteiger partial charge >= 0.3 is 0 Å². The van der Waals surface area contributed by atoms with Crippen molar-refractivity contribution in [1.29, 1.82) is 0 Å². The number of morpholine rings is 1. The van der Waals surface area contributed by atoms with Crippen molar-refractivity contribution in [3.63, 3.8) is 0 Å². The zero-order valence-corrected chi connectivity index (χ0v) is 20.5. The number of nitrogens with zero attached hydrogens (tertiary/aromatic N) is 5. The van der Waals surface area contributed by atoms with Crippen LogP contribution >= 0.6 is 11.3 Å². The molecule has 9 heteroatoms. The lowest BCUT2D eigenvalue weighted by atomic mass is 10.1. The third-order valence-electron chi connectivity index (χ3n) is 7.46. The van der Waals surface area contributed by atoms with E-state index in [0.29, 0.717) is 19.0 Å². The van der Waals surface area contributed by atoms with Crippen LogP contribution in [0.5, 0.6) is 0 Å². The lowest BCUT2D eigenvalue weighted by Crippen LogP contribution is -2.46. The molecule has 3 aromatic heterocycles. The summed E-state index contributed by atoms with van der Waals surface area (Å²) in [6.45, 7) is 8.48. The summed E-state index contributed by atoms with van der Waals surface area (Å²) >= 11 is 1.74. The average Bonchev–Trinajstić information content (AvgIpc) is 3.48. The van der Waals surface area contributed by atoms with E-state index in [4.69, 9.17) is 14.7 Å². The molecule has 7 nitrogen and oxygen atoms in total. The molecular formula is C26H29FN6OS. The number of fused-ring (bicyclic) bond motifs is 2. The number of thiophene rings is 1. The molecule has 4 aromatic rings. The Kier molecular flexibility index (Phi) is 5.46. The molecule has 2 aliphatic heterocycles. The van der Waals surface area contributed by atoms with E-state index in [-0.39, 0.29) is 5.82 Å². The summed E-state index contributed by atoms with van der Waals surface area (Å²) in [6.07, 6.45) is 4.59. The van der Waals surface area contributed by atoms with Crippen LogP contribution in [0.3, 0.4) is 0 Å². The smallest absolute Gasteiger partial charge is 0.163 e. The van der Waals surface area contributed by atoms with Crippen molar-refractivity contribution in [2.75, 3.05) is 57.4 Å². The number of aromatic amines is 1. The molecule has 0 atom stereocenters. The van der Waals surface area contributed by atoms with Crippen LogP contribution in [0, 0.1) is 5.82 Å². The van der Waals surface area contributed by atoms with Crippen LogP contribution in [0.15, 0.2) is 30.5 Å². The maximum absolute atomic E-state index is 14.5. The van der Waals surface area contributed by atoms with Gasteiger partial charge in [-0.05, 0) is 37.1 Å². The summed E-state index contributed by atoms with van der Waals surface area (Å²) in [4.78, 5) is 22.9. The van der Waals surface area contributed by atoms with Gasteiger partial charge in [0.1, 0.15) is 16.5 Å². The predicted molar refractivity (Wildman–Crippen MR) is 138 cm³/mol. The molecule has 0 radical (unpaired) electrons. The van der Waals surface area contributed by atoms with Crippen LogP contribution in [0.1, 0.15) is 17.7 Å². The average molecular weight is 493 g/mol. The fourth-order valence-electron chi connectivity index (χ4n) is 5.43. The van der Waals surface area contributed by atoms with Crippen LogP contribution in [0.4, 0.5) is 10.2 Å². The molecular weight excluding hydrogens is 463 g/mol. The van der Waals surface area contributed by atoms with Gasteiger partial charge in [0.2, 0.25) is 0 Å². The number of hydrogen-bond acceptors (Lipinski definition) is 7. The van der Waals surface area contributed by atoms with Crippen molar-refractivity contribution < 1.29 is 9.13 Å². The normalized spacial score (nSPS) is 20.3. The summed E-state index contributed by atoms with van der Waals surface area (Å²) in [6, 6.07) is 8.16. The highest BCUT2D eigenvalue weighted by Gasteiger charge is 2.31. The van der Waals surface area contributed by atoms with Gasteiger partial charge in [0.25, 0.3) is 0 Å². The molecule has 0 bridgehead atoms. The summed E-state index contributed by atoms with van der Waals surface area (Å²) in [7, 11) is 0. The predicted octanol–water partition coefficient (Wildman–Crippen LogP) is 4.10. The van der Waals surface area contributed by atoms with Crippen LogP contribution < -0.4 is 4.90 Å². The van der Waals surface area contributed by atoms with E-state index in [1.807, 2.05) is 12.3 Å². The summed E-state index contributed by atoms with van der Waals surface area (Å²) < 4.78 is 20.1. The fourth-order valence-corrected chi connectivity index (χ4v) is 6.50. The minimum absolute atomic E-state index is 0.288. The molecule has 1 aliphatic carbocycles. The second kappa shape index (κ2) is 8.81. The number of anilines is 1. The first kappa shape index (κ1) is 21.7. The van der Waals surface area contributed by atoms with Crippen molar-refractivity contribution in [2.24, 2.45) is 0 Å². The number of nitrogens with one attached hydrogen (secondary N) is 1. The number of benzene rings is 1. The minimum Gasteiger partial charge on any atom is -0.378 e. The Morgan fingerprint density at radius 3 is 2.63 bits per heavy atom. The quantitative estimate of drug-likeness (QED) is 0.453. The lowest BCUT2D eigenvalue weighted by molar-refractivity contribution is 0.122. The Morgan fingerprint density at radius 2 is 1.83 bits per heavy atom. The molecule has 7 rings (SSSR count). The maximum Gasteiger partial charge on any atom is 0.163 e. The topological polar surface area (TPSA) is 60.5 Å². The number of halogens is 1. The van der Waals surface area contributed by atoms with Crippen molar-refractivity contribution >= 4 is 38.3 Å². The van der Waals surface area contributed by atoms with Gasteiger partial charge in [0.15, 0.2) is 5.82 Å². The van der Waals surface area contributed by atoms with Crippen LogP contribution in [-0.4, -0.2) is 83.3 Å². The second-order valence-electron chi connectivity index (χ2n) is 9.84. The van der Waals surface area contributed by atoms with E-state index in [0.717, 1.165) is 71.3 Å². The standard InChI is InChI=1S/C26H29FN6OS/c27-17-13-21(20-3-4-28-23(20)14-17)24-29-25(33-9-11-34-12-10-33)22-15-19(35-26(22)30-24)16-31-5-7-32(8-6-31)18-1-2-18/h3-4,13-15,18,28H,1-2,5-12,16H2. The van der Waals surface area contributed by atoms with Gasteiger partial charge in [-0.15, -0.1) is 11.3 Å². The molecule has 182 valence electrons. The number of hydrogen-bond donors (Lipinski definition) is 1. The van der Waals surface area contributed by atoms with Gasteiger partial charge in [-0.3, -0.25) is 9.80 Å². The largest absolute Gasteiger partial charge is 0.378 e. The third-order valence-corrected chi connectivity index (χ3v) is 8.47. The monoisotopic (exact) mass is 492 g/mol. The third kappa shape index (κ3) is 4.20. The van der Waals surface area contributed by atoms with Crippen LogP contribution in [0.25, 0.3) is 32.5 Å². The molecule has 0 spiro atoms. The SMILES string of the molecule is Fc1cc(-c2nc(N3CCOCC3)c3cc(CN4CCN(C5CC5)CC4)sc3n2)c2cc[nH]c2c1. The van der Waals surface area contributed by atoms with Gasteiger partial charge < -0.3 is 14.6 Å². The summed E-state index contributed by atoms with van der Waals surface area (Å²) in [5.74, 6) is 1.22. The Hall–Kier alpha value is -2.59. The first-order chi connectivity index (χ1) is 17.2. The van der Waals surface area contributed by atoms with Crippen LogP contribution in [0.2, 0.25) is 0 Å². The Balaban J connectivity index is 1.26. The van der Waals surface area contributed by atoms with E-state index < -0.39 is 0 Å². The molecule has 5 heterocycles. The molecule has 2 saturated heterocycles. The van der Waals surface area contributed by atoms with Crippen molar-refractivity contribution in [2.45, 2.75) is 25.4 Å². The molecule has 1 saturated carbocycles. The van der Waals surface area contributed by atoms with Gasteiger partial charge in [0, 0.05) is 79.4 Å². The van der Waals surface area contributed by atoms with Crippen molar-refractivity contribution in [1.82, 2.24) is 24.8 Å². The molecule has 1 N–H and O–H groups in total. The lowest BCUT2D eigenvalue weighted by Gasteiger charge is -2.34. The first-order valence-corrected chi connectivity index (χ1v) is 13.4. The Bertz CT molecular complexity index is 1370. The van der Waals surface area contributed by atoms with E-state index in [1.54, 1.807) is 17.4 Å². The number of rotatable bonds is 5. The van der Waals surface area contributed by atoms with Gasteiger partial charge in [-0.2, -0.15) is 0 Å². The molecule has 3 aliphatic rings. The molecule has 1 aromatic carbocycles. The van der Waals surface area contributed by atoms with Gasteiger partial charge in [0.05, 0.1) is 18.6 Å². The number of piperazine rings is 1. The van der Waals surface area contributed by atoms with E-state index in [1.165, 1.54) is 36.9 Å². The second-order valence-corrected chi connectivity index (χ2v) is 11.0. The van der Waals surface area contributed by atoms with E-state index in [2.05, 4.69) is 25.8 Å².